The normalized spacial score (nSPS) is 39.9. The number of ether oxygens (including phenoxy) is 2. The molecular formula is C9H16NO6Sn. The molecule has 1 unspecified atom stereocenters. The first kappa shape index (κ1) is 15.1. The summed E-state index contributed by atoms with van der Waals surface area (Å²) in [5.74, 6) is -1.13. The van der Waals surface area contributed by atoms with Crippen LogP contribution < -0.4 is 5.73 Å². The van der Waals surface area contributed by atoms with Crippen LogP contribution in [0.15, 0.2) is 0 Å². The zero-order chi connectivity index (χ0) is 13.2. The average Bonchev–Trinajstić information content (AvgIpc) is 2.28. The Bertz CT molecular complexity index is 278. The van der Waals surface area contributed by atoms with Gasteiger partial charge in [-0.3, -0.25) is 0 Å². The standard InChI is InChI=1S/C9H16NO6.Sn/c1-4(9(13)14)16-8-5(10)3-15-6(2-11)7(8)12;/h3-8,11-12H,2,10H2,1H3,(H,13,14);/t4-,5+,6-,7-,8-;/m1./s1. The zero-order valence-electron chi connectivity index (χ0n) is 9.31. The van der Waals surface area contributed by atoms with Crippen LogP contribution in [0, 0.1) is 0 Å². The van der Waals surface area contributed by atoms with Gasteiger partial charge >= 0.3 is 112 Å². The summed E-state index contributed by atoms with van der Waals surface area (Å²) in [5.41, 5.74) is 5.82. The number of carbonyl (C=O) groups is 1. The molecule has 0 aliphatic carbocycles. The van der Waals surface area contributed by atoms with Crippen molar-refractivity contribution < 1.29 is 29.6 Å². The van der Waals surface area contributed by atoms with E-state index < -0.39 is 36.4 Å². The molecule has 6 atom stereocenters. The number of hydrogen-bond donors (Lipinski definition) is 4. The fourth-order valence-electron chi connectivity index (χ4n) is 1.59. The Kier molecular flexibility index (Phi) is 5.60. The van der Waals surface area contributed by atoms with Gasteiger partial charge in [-0.1, -0.05) is 0 Å². The Labute approximate surface area is 112 Å². The van der Waals surface area contributed by atoms with Gasteiger partial charge in [0.2, 0.25) is 0 Å². The quantitative estimate of drug-likeness (QED) is 0.410. The van der Waals surface area contributed by atoms with E-state index in [1.807, 2.05) is 0 Å². The minimum atomic E-state index is -1.13. The summed E-state index contributed by atoms with van der Waals surface area (Å²) >= 11 is 0.985. The molecule has 5 N–H and O–H groups in total. The predicted octanol–water partition coefficient (Wildman–Crippen LogP) is -2.58. The maximum absolute atomic E-state index is 10.7. The number of hydrogen-bond acceptors (Lipinski definition) is 6. The molecule has 7 nitrogen and oxygen atoms in total. The van der Waals surface area contributed by atoms with Crippen molar-refractivity contribution in [3.05, 3.63) is 0 Å². The summed E-state index contributed by atoms with van der Waals surface area (Å²) in [7, 11) is 0. The molecule has 0 amide bonds. The van der Waals surface area contributed by atoms with Crippen molar-refractivity contribution >= 4 is 28.5 Å². The first-order valence-electron chi connectivity index (χ1n) is 5.17. The SMILES string of the molecule is C[C@@H](O[C@H]1[C@H](O)[C@@H](CO)O[CH]([Sn])[C@@H]1N)C(=O)O. The van der Waals surface area contributed by atoms with Crippen molar-refractivity contribution in [1.82, 2.24) is 0 Å². The minimum absolute atomic E-state index is 0.339. The Morgan fingerprint density at radius 1 is 1.65 bits per heavy atom. The Morgan fingerprint density at radius 3 is 2.71 bits per heavy atom. The number of aliphatic hydroxyl groups excluding tert-OH is 2. The molecule has 1 saturated heterocycles. The van der Waals surface area contributed by atoms with Gasteiger partial charge in [0.15, 0.2) is 0 Å². The summed E-state index contributed by atoms with van der Waals surface area (Å²) in [5, 5.41) is 27.7. The molecule has 17 heavy (non-hydrogen) atoms. The second-order valence-corrected chi connectivity index (χ2v) is 5.55. The van der Waals surface area contributed by atoms with Crippen molar-refractivity contribution in [2.24, 2.45) is 5.73 Å². The van der Waals surface area contributed by atoms with Crippen LogP contribution in [0.4, 0.5) is 0 Å². The van der Waals surface area contributed by atoms with Gasteiger partial charge in [0, 0.05) is 0 Å². The van der Waals surface area contributed by atoms with Crippen LogP contribution in [0.5, 0.6) is 0 Å². The van der Waals surface area contributed by atoms with E-state index in [9.17, 15) is 9.90 Å². The molecule has 0 bridgehead atoms. The molecule has 1 rings (SSSR count). The summed E-state index contributed by atoms with van der Waals surface area (Å²) in [6.07, 6.45) is -3.84. The van der Waals surface area contributed by atoms with Crippen LogP contribution in [0.1, 0.15) is 6.92 Å². The first-order valence-corrected chi connectivity index (χ1v) is 6.82. The van der Waals surface area contributed by atoms with Gasteiger partial charge in [-0.05, 0) is 0 Å². The third-order valence-corrected chi connectivity index (χ3v) is 4.14. The summed E-state index contributed by atoms with van der Waals surface area (Å²) in [4.78, 5) is 10.7. The molecule has 0 aromatic carbocycles. The molecular weight excluding hydrogens is 337 g/mol. The number of aliphatic carboxylic acids is 1. The summed E-state index contributed by atoms with van der Waals surface area (Å²) in [6.45, 7) is 1.00. The first-order chi connectivity index (χ1) is 7.88. The second kappa shape index (κ2) is 6.30. The molecule has 8 heteroatoms. The van der Waals surface area contributed by atoms with Crippen LogP contribution in [0.25, 0.3) is 0 Å². The third-order valence-electron chi connectivity index (χ3n) is 2.66. The van der Waals surface area contributed by atoms with E-state index in [-0.39, 0.29) is 10.7 Å². The van der Waals surface area contributed by atoms with Crippen LogP contribution in [-0.4, -0.2) is 85.0 Å². The summed E-state index contributed by atoms with van der Waals surface area (Å²) < 4.78 is 10.2. The van der Waals surface area contributed by atoms with Gasteiger partial charge in [0.05, 0.1) is 0 Å². The topological polar surface area (TPSA) is 122 Å². The second-order valence-electron chi connectivity index (χ2n) is 3.93. The fourth-order valence-corrected chi connectivity index (χ4v) is 2.63. The molecule has 97 valence electrons. The van der Waals surface area contributed by atoms with Gasteiger partial charge in [-0.15, -0.1) is 0 Å². The number of aliphatic hydroxyl groups is 2. The van der Waals surface area contributed by atoms with E-state index in [1.165, 1.54) is 6.92 Å². The van der Waals surface area contributed by atoms with Gasteiger partial charge in [0.1, 0.15) is 0 Å². The van der Waals surface area contributed by atoms with E-state index in [0.717, 1.165) is 22.5 Å². The third kappa shape index (κ3) is 3.52. The maximum atomic E-state index is 10.7. The monoisotopic (exact) mass is 354 g/mol. The number of rotatable bonds is 4. The van der Waals surface area contributed by atoms with Crippen LogP contribution in [0.3, 0.4) is 0 Å². The van der Waals surface area contributed by atoms with Crippen molar-refractivity contribution in [1.29, 1.82) is 0 Å². The molecule has 0 spiro atoms. The van der Waals surface area contributed by atoms with Gasteiger partial charge < -0.3 is 0 Å². The van der Waals surface area contributed by atoms with Crippen LogP contribution in [-0.2, 0) is 14.3 Å². The average molecular weight is 353 g/mol. The Morgan fingerprint density at radius 2 is 2.24 bits per heavy atom. The summed E-state index contributed by atoms with van der Waals surface area (Å²) in [6, 6.07) is -0.604. The van der Waals surface area contributed by atoms with Gasteiger partial charge in [-0.2, -0.15) is 0 Å². The van der Waals surface area contributed by atoms with Crippen molar-refractivity contribution in [3.8, 4) is 0 Å². The molecule has 1 aliphatic rings. The van der Waals surface area contributed by atoms with E-state index in [2.05, 4.69) is 0 Å². The predicted molar refractivity (Wildman–Crippen MR) is 57.5 cm³/mol. The number of nitrogens with two attached hydrogens (primary N) is 1. The van der Waals surface area contributed by atoms with E-state index in [4.69, 9.17) is 25.4 Å². The van der Waals surface area contributed by atoms with Crippen molar-refractivity contribution in [2.45, 2.75) is 41.5 Å². The molecule has 1 aliphatic heterocycles. The molecule has 0 aromatic heterocycles. The van der Waals surface area contributed by atoms with Crippen molar-refractivity contribution in [3.63, 3.8) is 0 Å². The van der Waals surface area contributed by atoms with Crippen molar-refractivity contribution in [2.75, 3.05) is 6.61 Å². The van der Waals surface area contributed by atoms with E-state index >= 15 is 0 Å². The van der Waals surface area contributed by atoms with E-state index in [0.29, 0.717) is 0 Å². The molecule has 0 saturated carbocycles. The molecule has 0 aromatic rings. The van der Waals surface area contributed by atoms with Crippen LogP contribution >= 0.6 is 0 Å². The molecule has 3 radical (unpaired) electrons. The molecule has 1 heterocycles. The number of carboxylic acid groups (broad SMARTS) is 1. The van der Waals surface area contributed by atoms with E-state index in [1.54, 1.807) is 0 Å². The fraction of sp³-hybridized carbons (Fsp3) is 0.889. The van der Waals surface area contributed by atoms with Crippen LogP contribution in [0.2, 0.25) is 0 Å². The Hall–Kier alpha value is 0.0687. The Balaban J connectivity index is 2.74. The molecule has 1 fully saturated rings. The zero-order valence-corrected chi connectivity index (χ0v) is 12.2. The number of carboxylic acids is 1. The van der Waals surface area contributed by atoms with Gasteiger partial charge in [-0.25, -0.2) is 0 Å². The van der Waals surface area contributed by atoms with Gasteiger partial charge in [0.25, 0.3) is 0 Å².